The first-order chi connectivity index (χ1) is 9.24. The highest BCUT2D eigenvalue weighted by atomic mass is 32.1. The molecule has 1 amide bonds. The normalized spacial score (nSPS) is 10.4. The molecule has 0 aliphatic carbocycles. The van der Waals surface area contributed by atoms with Crippen LogP contribution in [0, 0.1) is 0 Å². The van der Waals surface area contributed by atoms with Gasteiger partial charge in [-0.25, -0.2) is 0 Å². The number of anilines is 1. The Hall–Kier alpha value is -1.68. The van der Waals surface area contributed by atoms with Gasteiger partial charge in [0.1, 0.15) is 0 Å². The number of carbonyl (C=O) groups is 1. The van der Waals surface area contributed by atoms with Gasteiger partial charge in [0.05, 0.1) is 16.8 Å². The Labute approximate surface area is 117 Å². The van der Waals surface area contributed by atoms with Crippen molar-refractivity contribution in [2.75, 3.05) is 5.32 Å². The number of aromatic nitrogens is 1. The van der Waals surface area contributed by atoms with Gasteiger partial charge < -0.3 is 5.32 Å². The van der Waals surface area contributed by atoms with Gasteiger partial charge in [0.25, 0.3) is 5.91 Å². The van der Waals surface area contributed by atoms with Crippen LogP contribution in [0.15, 0.2) is 30.6 Å². The number of nitrogens with zero attached hydrogens (tertiary/aromatic N) is 1. The molecule has 2 rings (SSSR count). The fraction of sp³-hybridized carbons (Fsp3) is 0.333. The van der Waals surface area contributed by atoms with E-state index in [9.17, 15) is 4.79 Å². The molecule has 0 atom stereocenters. The largest absolute Gasteiger partial charge is 0.320 e. The number of hydrogen-bond donors (Lipinski definition) is 1. The van der Waals surface area contributed by atoms with Gasteiger partial charge in [-0.15, -0.1) is 11.3 Å². The third-order valence-corrected chi connectivity index (χ3v) is 4.13. The average Bonchev–Trinajstić information content (AvgIpc) is 2.83. The van der Waals surface area contributed by atoms with Crippen molar-refractivity contribution in [3.8, 4) is 0 Å². The van der Waals surface area contributed by atoms with Crippen LogP contribution in [-0.4, -0.2) is 10.9 Å². The third-order valence-electron chi connectivity index (χ3n) is 2.90. The predicted molar refractivity (Wildman–Crippen MR) is 79.9 cm³/mol. The number of pyridine rings is 1. The summed E-state index contributed by atoms with van der Waals surface area (Å²) >= 11 is 1.60. The molecule has 0 fully saturated rings. The highest BCUT2D eigenvalue weighted by Gasteiger charge is 2.13. The van der Waals surface area contributed by atoms with Crippen LogP contribution in [-0.2, 0) is 12.8 Å². The topological polar surface area (TPSA) is 42.0 Å². The third kappa shape index (κ3) is 3.41. The Bertz CT molecular complexity index is 549. The summed E-state index contributed by atoms with van der Waals surface area (Å²) in [5.74, 6) is -0.0462. The molecule has 2 aromatic rings. The molecule has 0 aliphatic rings. The van der Waals surface area contributed by atoms with Crippen molar-refractivity contribution in [1.82, 2.24) is 4.98 Å². The van der Waals surface area contributed by atoms with Crippen molar-refractivity contribution >= 4 is 22.9 Å². The van der Waals surface area contributed by atoms with E-state index in [0.717, 1.165) is 29.8 Å². The van der Waals surface area contributed by atoms with E-state index in [-0.39, 0.29) is 5.91 Å². The minimum atomic E-state index is -0.0462. The predicted octanol–water partition coefficient (Wildman–Crippen LogP) is 3.91. The minimum Gasteiger partial charge on any atom is -0.320 e. The molecule has 1 N–H and O–H groups in total. The lowest BCUT2D eigenvalue weighted by atomic mass is 10.1. The summed E-state index contributed by atoms with van der Waals surface area (Å²) in [6.45, 7) is 4.29. The standard InChI is InChI=1S/C15H18N2OS/c1-3-6-13-11(4-2)9-14(19-13)15(18)17-12-7-5-8-16-10-12/h5,7-10H,3-4,6H2,1-2H3,(H,17,18). The molecular formula is C15H18N2OS. The maximum Gasteiger partial charge on any atom is 0.265 e. The molecule has 0 unspecified atom stereocenters. The number of amides is 1. The van der Waals surface area contributed by atoms with Crippen molar-refractivity contribution in [1.29, 1.82) is 0 Å². The fourth-order valence-corrected chi connectivity index (χ4v) is 3.20. The van der Waals surface area contributed by atoms with E-state index in [2.05, 4.69) is 24.1 Å². The summed E-state index contributed by atoms with van der Waals surface area (Å²) in [6.07, 6.45) is 6.48. The molecule has 0 saturated carbocycles. The number of rotatable bonds is 5. The molecule has 2 aromatic heterocycles. The van der Waals surface area contributed by atoms with Crippen molar-refractivity contribution in [2.45, 2.75) is 33.1 Å². The van der Waals surface area contributed by atoms with Gasteiger partial charge in [-0.2, -0.15) is 0 Å². The highest BCUT2D eigenvalue weighted by Crippen LogP contribution is 2.25. The number of aryl methyl sites for hydroxylation is 2. The van der Waals surface area contributed by atoms with Crippen LogP contribution >= 0.6 is 11.3 Å². The second kappa shape index (κ2) is 6.48. The van der Waals surface area contributed by atoms with E-state index in [1.165, 1.54) is 10.4 Å². The molecule has 19 heavy (non-hydrogen) atoms. The Morgan fingerprint density at radius 3 is 2.89 bits per heavy atom. The van der Waals surface area contributed by atoms with Crippen molar-refractivity contribution in [3.63, 3.8) is 0 Å². The molecule has 0 aromatic carbocycles. The first-order valence-corrected chi connectivity index (χ1v) is 7.39. The Balaban J connectivity index is 2.15. The van der Waals surface area contributed by atoms with Gasteiger partial charge in [0.15, 0.2) is 0 Å². The SMILES string of the molecule is CCCc1sc(C(=O)Nc2cccnc2)cc1CC. The molecule has 4 heteroatoms. The molecule has 0 radical (unpaired) electrons. The van der Waals surface area contributed by atoms with Crippen LogP contribution in [0.5, 0.6) is 0 Å². The van der Waals surface area contributed by atoms with Gasteiger partial charge in [-0.3, -0.25) is 9.78 Å². The minimum absolute atomic E-state index is 0.0462. The second-order valence-corrected chi connectivity index (χ2v) is 5.50. The summed E-state index contributed by atoms with van der Waals surface area (Å²) < 4.78 is 0. The lowest BCUT2D eigenvalue weighted by Gasteiger charge is -2.01. The first kappa shape index (κ1) is 13.7. The molecule has 0 bridgehead atoms. The quantitative estimate of drug-likeness (QED) is 0.898. The van der Waals surface area contributed by atoms with Crippen molar-refractivity contribution in [2.24, 2.45) is 0 Å². The molecular weight excluding hydrogens is 256 g/mol. The zero-order valence-electron chi connectivity index (χ0n) is 11.3. The van der Waals surface area contributed by atoms with E-state index in [4.69, 9.17) is 0 Å². The number of nitrogens with one attached hydrogen (secondary N) is 1. The summed E-state index contributed by atoms with van der Waals surface area (Å²) in [4.78, 5) is 18.3. The molecule has 0 spiro atoms. The molecule has 2 heterocycles. The van der Waals surface area contributed by atoms with E-state index < -0.39 is 0 Å². The number of carbonyl (C=O) groups excluding carboxylic acids is 1. The van der Waals surface area contributed by atoms with Gasteiger partial charge in [0.2, 0.25) is 0 Å². The first-order valence-electron chi connectivity index (χ1n) is 6.57. The summed E-state index contributed by atoms with van der Waals surface area (Å²) in [6, 6.07) is 5.66. The molecule has 100 valence electrons. The number of thiophene rings is 1. The van der Waals surface area contributed by atoms with Crippen LogP contribution in [0.25, 0.3) is 0 Å². The van der Waals surface area contributed by atoms with E-state index in [0.29, 0.717) is 0 Å². The van der Waals surface area contributed by atoms with E-state index >= 15 is 0 Å². The zero-order chi connectivity index (χ0) is 13.7. The van der Waals surface area contributed by atoms with E-state index in [1.807, 2.05) is 18.2 Å². The summed E-state index contributed by atoms with van der Waals surface area (Å²) in [5.41, 5.74) is 2.03. The number of hydrogen-bond acceptors (Lipinski definition) is 3. The van der Waals surface area contributed by atoms with Crippen LogP contribution < -0.4 is 5.32 Å². The lowest BCUT2D eigenvalue weighted by molar-refractivity contribution is 0.103. The highest BCUT2D eigenvalue weighted by molar-refractivity contribution is 7.14. The monoisotopic (exact) mass is 274 g/mol. The second-order valence-electron chi connectivity index (χ2n) is 4.36. The summed E-state index contributed by atoms with van der Waals surface area (Å²) in [5, 5.41) is 2.87. The maximum atomic E-state index is 12.2. The van der Waals surface area contributed by atoms with Gasteiger partial charge in [0, 0.05) is 11.1 Å². The van der Waals surface area contributed by atoms with Gasteiger partial charge in [-0.05, 0) is 36.6 Å². The van der Waals surface area contributed by atoms with Crippen LogP contribution in [0.1, 0.15) is 40.4 Å². The average molecular weight is 274 g/mol. The van der Waals surface area contributed by atoms with Crippen molar-refractivity contribution in [3.05, 3.63) is 45.9 Å². The molecule has 0 aliphatic heterocycles. The lowest BCUT2D eigenvalue weighted by Crippen LogP contribution is -2.10. The van der Waals surface area contributed by atoms with Crippen LogP contribution in [0.3, 0.4) is 0 Å². The molecule has 0 saturated heterocycles. The molecule has 3 nitrogen and oxygen atoms in total. The maximum absolute atomic E-state index is 12.2. The van der Waals surface area contributed by atoms with Crippen LogP contribution in [0.2, 0.25) is 0 Å². The van der Waals surface area contributed by atoms with Crippen LogP contribution in [0.4, 0.5) is 5.69 Å². The van der Waals surface area contributed by atoms with Gasteiger partial charge >= 0.3 is 0 Å². The Morgan fingerprint density at radius 1 is 1.42 bits per heavy atom. The zero-order valence-corrected chi connectivity index (χ0v) is 12.1. The Morgan fingerprint density at radius 2 is 2.26 bits per heavy atom. The van der Waals surface area contributed by atoms with Gasteiger partial charge in [-0.1, -0.05) is 20.3 Å². The van der Waals surface area contributed by atoms with E-state index in [1.54, 1.807) is 23.7 Å². The Kier molecular flexibility index (Phi) is 4.68. The fourth-order valence-electron chi connectivity index (χ4n) is 1.95. The smallest absolute Gasteiger partial charge is 0.265 e. The summed E-state index contributed by atoms with van der Waals surface area (Å²) in [7, 11) is 0. The van der Waals surface area contributed by atoms with Crippen molar-refractivity contribution < 1.29 is 4.79 Å².